The van der Waals surface area contributed by atoms with Crippen molar-refractivity contribution in [3.05, 3.63) is 83.4 Å². The average molecular weight is 529 g/mol. The van der Waals surface area contributed by atoms with Crippen LogP contribution in [-0.4, -0.2) is 40.1 Å². The third-order valence-electron chi connectivity index (χ3n) is 5.80. The molecule has 1 aliphatic heterocycles. The molecule has 1 atom stereocenters. The molecule has 0 unspecified atom stereocenters. The van der Waals surface area contributed by atoms with E-state index >= 15 is 0 Å². The second-order valence-electron chi connectivity index (χ2n) is 9.48. The molecule has 3 aromatic carbocycles. The number of rotatable bonds is 7. The van der Waals surface area contributed by atoms with E-state index in [0.717, 1.165) is 5.56 Å². The minimum absolute atomic E-state index is 0.148. The molecule has 0 saturated heterocycles. The van der Waals surface area contributed by atoms with E-state index in [9.17, 15) is 13.2 Å². The van der Waals surface area contributed by atoms with Gasteiger partial charge in [-0.1, -0.05) is 56.6 Å². The maximum atomic E-state index is 13.6. The lowest BCUT2D eigenvalue weighted by molar-refractivity contribution is -0.127. The van der Waals surface area contributed by atoms with Gasteiger partial charge in [-0.05, 0) is 59.5 Å². The average Bonchev–Trinajstić information content (AvgIpc) is 2.86. The number of nitrogens with one attached hydrogen (secondary N) is 1. The number of hydrogen-bond donors (Lipinski definition) is 1. The lowest BCUT2D eigenvalue weighted by atomic mass is 9.86. The van der Waals surface area contributed by atoms with E-state index in [1.165, 1.54) is 4.31 Å². The third-order valence-corrected chi connectivity index (χ3v) is 7.85. The van der Waals surface area contributed by atoms with Gasteiger partial charge in [0.2, 0.25) is 0 Å². The van der Waals surface area contributed by atoms with Crippen LogP contribution in [0.4, 0.5) is 5.69 Å². The first-order valence-corrected chi connectivity index (χ1v) is 13.4. The summed E-state index contributed by atoms with van der Waals surface area (Å²) in [5.74, 6) is 0.547. The molecule has 1 heterocycles. The second-order valence-corrected chi connectivity index (χ2v) is 11.8. The van der Waals surface area contributed by atoms with Gasteiger partial charge in [-0.2, -0.15) is 0 Å². The molecular formula is C27H29ClN2O5S. The van der Waals surface area contributed by atoms with Gasteiger partial charge in [0.15, 0.2) is 6.10 Å². The molecule has 3 aromatic rings. The van der Waals surface area contributed by atoms with E-state index in [4.69, 9.17) is 21.1 Å². The largest absolute Gasteiger partial charge is 0.492 e. The molecule has 1 N–H and O–H groups in total. The predicted octanol–water partition coefficient (Wildman–Crippen LogP) is 4.79. The molecular weight excluding hydrogens is 500 g/mol. The monoisotopic (exact) mass is 528 g/mol. The fourth-order valence-corrected chi connectivity index (χ4v) is 5.40. The van der Waals surface area contributed by atoms with E-state index in [-0.39, 0.29) is 30.0 Å². The van der Waals surface area contributed by atoms with Crippen LogP contribution in [-0.2, 0) is 20.2 Å². The lowest BCUT2D eigenvalue weighted by Crippen LogP contribution is -2.51. The Morgan fingerprint density at radius 3 is 2.44 bits per heavy atom. The Hall–Kier alpha value is -3.23. The summed E-state index contributed by atoms with van der Waals surface area (Å²) in [6.07, 6.45) is -1.02. The Labute approximate surface area is 217 Å². The summed E-state index contributed by atoms with van der Waals surface area (Å²) in [6.45, 7) is 6.46. The highest BCUT2D eigenvalue weighted by atomic mass is 35.5. The zero-order valence-corrected chi connectivity index (χ0v) is 22.0. The van der Waals surface area contributed by atoms with Crippen LogP contribution in [0.1, 0.15) is 26.3 Å². The molecule has 0 fully saturated rings. The fourth-order valence-electron chi connectivity index (χ4n) is 3.79. The maximum Gasteiger partial charge on any atom is 0.264 e. The van der Waals surface area contributed by atoms with Crippen molar-refractivity contribution in [2.75, 3.05) is 24.0 Å². The summed E-state index contributed by atoms with van der Waals surface area (Å²) < 4.78 is 40.1. The standard InChI is InChI=1S/C27H29ClN2O5S/c1-27(2,3)19-9-14-24-23(17-19)30(36(32,33)22-7-5-4-6-8-22)18-25(35-24)26(31)29-15-16-34-21-12-10-20(28)11-13-21/h4-14,17,25H,15-16,18H2,1-3H3,(H,29,31)/t25-/m1/s1. The number of sulfonamides is 1. The van der Waals surface area contributed by atoms with Gasteiger partial charge in [0.1, 0.15) is 18.1 Å². The van der Waals surface area contributed by atoms with Gasteiger partial charge in [0.05, 0.1) is 23.7 Å². The van der Waals surface area contributed by atoms with Crippen molar-refractivity contribution < 1.29 is 22.7 Å². The Morgan fingerprint density at radius 2 is 1.78 bits per heavy atom. The Kier molecular flexibility index (Phi) is 7.47. The van der Waals surface area contributed by atoms with Crippen molar-refractivity contribution in [1.82, 2.24) is 5.32 Å². The number of ether oxygens (including phenoxy) is 2. The third kappa shape index (κ3) is 5.77. The molecule has 0 spiro atoms. The second kappa shape index (κ2) is 10.4. The number of halogens is 1. The zero-order valence-electron chi connectivity index (χ0n) is 20.4. The number of carbonyl (C=O) groups is 1. The van der Waals surface area contributed by atoms with Crippen molar-refractivity contribution in [1.29, 1.82) is 0 Å². The molecule has 9 heteroatoms. The summed E-state index contributed by atoms with van der Waals surface area (Å²) in [7, 11) is -3.93. The van der Waals surface area contributed by atoms with Crippen molar-refractivity contribution in [3.63, 3.8) is 0 Å². The van der Waals surface area contributed by atoms with Gasteiger partial charge in [0.25, 0.3) is 15.9 Å². The van der Waals surface area contributed by atoms with Crippen LogP contribution in [0.5, 0.6) is 11.5 Å². The molecule has 1 aliphatic rings. The number of anilines is 1. The first-order valence-electron chi connectivity index (χ1n) is 11.6. The quantitative estimate of drug-likeness (QED) is 0.446. The van der Waals surface area contributed by atoms with Crippen LogP contribution >= 0.6 is 11.6 Å². The number of carbonyl (C=O) groups excluding carboxylic acids is 1. The number of benzene rings is 3. The molecule has 1 amide bonds. The summed E-state index contributed by atoms with van der Waals surface area (Å²) >= 11 is 5.88. The summed E-state index contributed by atoms with van der Waals surface area (Å²) in [4.78, 5) is 13.1. The molecule has 7 nitrogen and oxygen atoms in total. The van der Waals surface area contributed by atoms with Crippen LogP contribution in [0.25, 0.3) is 0 Å². The van der Waals surface area contributed by atoms with Gasteiger partial charge in [-0.3, -0.25) is 9.10 Å². The van der Waals surface area contributed by atoms with Crippen molar-refractivity contribution >= 4 is 33.2 Å². The molecule has 0 aliphatic carbocycles. The first kappa shape index (κ1) is 25.9. The Morgan fingerprint density at radius 1 is 1.08 bits per heavy atom. The van der Waals surface area contributed by atoms with Crippen molar-refractivity contribution in [2.24, 2.45) is 0 Å². The topological polar surface area (TPSA) is 84.9 Å². The smallest absolute Gasteiger partial charge is 0.264 e. The van der Waals surface area contributed by atoms with Gasteiger partial charge >= 0.3 is 0 Å². The molecule has 0 radical (unpaired) electrons. The van der Waals surface area contributed by atoms with E-state index in [0.29, 0.717) is 22.2 Å². The number of amides is 1. The van der Waals surface area contributed by atoms with Gasteiger partial charge in [-0.15, -0.1) is 0 Å². The number of nitrogens with zero attached hydrogens (tertiary/aromatic N) is 1. The van der Waals surface area contributed by atoms with Crippen LogP contribution in [0.2, 0.25) is 5.02 Å². The molecule has 190 valence electrons. The molecule has 0 saturated carbocycles. The van der Waals surface area contributed by atoms with Crippen LogP contribution in [0, 0.1) is 0 Å². The van der Waals surface area contributed by atoms with Crippen LogP contribution in [0.15, 0.2) is 77.7 Å². The summed E-state index contributed by atoms with van der Waals surface area (Å²) in [5.41, 5.74) is 1.18. The first-order chi connectivity index (χ1) is 17.1. The fraction of sp³-hybridized carbons (Fsp3) is 0.296. The van der Waals surface area contributed by atoms with Crippen molar-refractivity contribution in [3.8, 4) is 11.5 Å². The number of hydrogen-bond acceptors (Lipinski definition) is 5. The lowest BCUT2D eigenvalue weighted by Gasteiger charge is -2.36. The molecule has 36 heavy (non-hydrogen) atoms. The number of fused-ring (bicyclic) bond motifs is 1. The van der Waals surface area contributed by atoms with E-state index < -0.39 is 22.0 Å². The van der Waals surface area contributed by atoms with Gasteiger partial charge < -0.3 is 14.8 Å². The Balaban J connectivity index is 1.54. The van der Waals surface area contributed by atoms with Gasteiger partial charge in [0, 0.05) is 5.02 Å². The van der Waals surface area contributed by atoms with Crippen LogP contribution in [0.3, 0.4) is 0 Å². The highest BCUT2D eigenvalue weighted by molar-refractivity contribution is 7.92. The molecule has 4 rings (SSSR count). The van der Waals surface area contributed by atoms with Crippen molar-refractivity contribution in [2.45, 2.75) is 37.2 Å². The summed E-state index contributed by atoms with van der Waals surface area (Å²) in [5, 5.41) is 3.38. The van der Waals surface area contributed by atoms with Gasteiger partial charge in [-0.25, -0.2) is 8.42 Å². The highest BCUT2D eigenvalue weighted by Crippen LogP contribution is 2.40. The SMILES string of the molecule is CC(C)(C)c1ccc2c(c1)N(S(=O)(=O)c1ccccc1)C[C@H](C(=O)NCCOc1ccc(Cl)cc1)O2. The van der Waals surface area contributed by atoms with E-state index in [1.54, 1.807) is 60.7 Å². The normalized spacial score (nSPS) is 15.6. The Bertz CT molecular complexity index is 1320. The highest BCUT2D eigenvalue weighted by Gasteiger charge is 2.38. The minimum Gasteiger partial charge on any atom is -0.492 e. The molecule has 0 aromatic heterocycles. The maximum absolute atomic E-state index is 13.6. The zero-order chi connectivity index (χ0) is 25.9. The minimum atomic E-state index is -3.93. The van der Waals surface area contributed by atoms with E-state index in [2.05, 4.69) is 26.1 Å². The predicted molar refractivity (Wildman–Crippen MR) is 140 cm³/mol. The summed E-state index contributed by atoms with van der Waals surface area (Å²) in [6, 6.07) is 20.5. The van der Waals surface area contributed by atoms with Crippen LogP contribution < -0.4 is 19.1 Å². The molecule has 0 bridgehead atoms. The van der Waals surface area contributed by atoms with E-state index in [1.807, 2.05) is 12.1 Å².